The molecule has 17 heavy (non-hydrogen) atoms. The minimum absolute atomic E-state index is 0.268. The highest BCUT2D eigenvalue weighted by molar-refractivity contribution is 7.98. The number of phenols is 1. The molecule has 1 heterocycles. The minimum atomic E-state index is 0.268. The normalized spacial score (nSPS) is 10.6. The summed E-state index contributed by atoms with van der Waals surface area (Å²) in [5.41, 5.74) is 6.48. The summed E-state index contributed by atoms with van der Waals surface area (Å²) in [5.74, 6) is 0.976. The summed E-state index contributed by atoms with van der Waals surface area (Å²) in [6.45, 7) is 1.11. The van der Waals surface area contributed by atoms with Crippen LogP contribution in [0.5, 0.6) is 5.75 Å². The molecule has 2 aromatic rings. The van der Waals surface area contributed by atoms with E-state index in [-0.39, 0.29) is 5.75 Å². The van der Waals surface area contributed by atoms with E-state index in [1.165, 1.54) is 11.8 Å². The second-order valence-electron chi connectivity index (χ2n) is 3.43. The molecule has 0 radical (unpaired) electrons. The molecule has 3 N–H and O–H groups in total. The summed E-state index contributed by atoms with van der Waals surface area (Å²) in [6.07, 6.45) is 0. The van der Waals surface area contributed by atoms with E-state index in [1.54, 1.807) is 16.8 Å². The van der Waals surface area contributed by atoms with E-state index in [1.807, 2.05) is 12.1 Å². The number of thioether (sulfide) groups is 1. The van der Waals surface area contributed by atoms with E-state index in [0.29, 0.717) is 18.8 Å². The van der Waals surface area contributed by atoms with Crippen LogP contribution >= 0.6 is 11.8 Å². The van der Waals surface area contributed by atoms with Crippen molar-refractivity contribution < 1.29 is 5.11 Å². The lowest BCUT2D eigenvalue weighted by molar-refractivity contribution is 0.475. The van der Waals surface area contributed by atoms with Gasteiger partial charge >= 0.3 is 0 Å². The molecule has 0 fully saturated rings. The molecule has 0 aliphatic rings. The van der Waals surface area contributed by atoms with Gasteiger partial charge in [-0.05, 0) is 28.1 Å². The Bertz CT molecular complexity index is 487. The van der Waals surface area contributed by atoms with Gasteiger partial charge in [0.2, 0.25) is 5.16 Å². The third-order valence-corrected chi connectivity index (χ3v) is 3.15. The zero-order chi connectivity index (χ0) is 12.1. The van der Waals surface area contributed by atoms with E-state index < -0.39 is 0 Å². The number of nitrogens with zero attached hydrogens (tertiary/aromatic N) is 4. The smallest absolute Gasteiger partial charge is 0.209 e. The quantitative estimate of drug-likeness (QED) is 0.757. The molecule has 0 spiro atoms. The third kappa shape index (κ3) is 3.18. The summed E-state index contributed by atoms with van der Waals surface area (Å²) < 4.78 is 1.67. The van der Waals surface area contributed by atoms with E-state index in [4.69, 9.17) is 5.73 Å². The second kappa shape index (κ2) is 5.65. The van der Waals surface area contributed by atoms with Crippen molar-refractivity contribution in [1.82, 2.24) is 20.2 Å². The van der Waals surface area contributed by atoms with E-state index in [9.17, 15) is 5.11 Å². The van der Waals surface area contributed by atoms with Crippen molar-refractivity contribution in [2.45, 2.75) is 17.5 Å². The molecule has 0 aliphatic heterocycles. The van der Waals surface area contributed by atoms with Gasteiger partial charge in [-0.1, -0.05) is 23.9 Å². The molecule has 0 aliphatic carbocycles. The monoisotopic (exact) mass is 251 g/mol. The molecule has 0 amide bonds. The first-order valence-corrected chi connectivity index (χ1v) is 6.15. The van der Waals surface area contributed by atoms with Gasteiger partial charge in [0.1, 0.15) is 5.75 Å². The molecule has 6 nitrogen and oxygen atoms in total. The van der Waals surface area contributed by atoms with Crippen LogP contribution in [0, 0.1) is 0 Å². The van der Waals surface area contributed by atoms with Gasteiger partial charge in [-0.25, -0.2) is 4.68 Å². The van der Waals surface area contributed by atoms with E-state index >= 15 is 0 Å². The number of rotatable bonds is 5. The van der Waals surface area contributed by atoms with Gasteiger partial charge in [-0.15, -0.1) is 5.10 Å². The predicted octanol–water partition coefficient (Wildman–Crippen LogP) is 0.630. The Balaban J connectivity index is 1.99. The maximum absolute atomic E-state index is 9.34. The molecule has 0 saturated carbocycles. The van der Waals surface area contributed by atoms with Crippen molar-refractivity contribution in [3.8, 4) is 5.75 Å². The highest BCUT2D eigenvalue weighted by Gasteiger charge is 2.06. The average molecular weight is 251 g/mol. The number of aromatic hydroxyl groups is 1. The van der Waals surface area contributed by atoms with Gasteiger partial charge < -0.3 is 10.8 Å². The SMILES string of the molecule is NCCn1nnnc1SCc1cccc(O)c1. The standard InChI is InChI=1S/C10H13N5OS/c11-4-5-15-10(12-13-14-15)17-7-8-2-1-3-9(16)6-8/h1-3,6,16H,4-5,7,11H2. The molecular weight excluding hydrogens is 238 g/mol. The van der Waals surface area contributed by atoms with Crippen molar-refractivity contribution >= 4 is 11.8 Å². The molecule has 90 valence electrons. The number of benzene rings is 1. The maximum atomic E-state index is 9.34. The second-order valence-corrected chi connectivity index (χ2v) is 4.37. The fourth-order valence-corrected chi connectivity index (χ4v) is 2.20. The highest BCUT2D eigenvalue weighted by atomic mass is 32.2. The van der Waals surface area contributed by atoms with Crippen LogP contribution in [-0.4, -0.2) is 31.9 Å². The average Bonchev–Trinajstić information content (AvgIpc) is 2.75. The van der Waals surface area contributed by atoms with Gasteiger partial charge in [0, 0.05) is 12.3 Å². The molecule has 1 aromatic heterocycles. The molecule has 7 heteroatoms. The fraction of sp³-hybridized carbons (Fsp3) is 0.300. The lowest BCUT2D eigenvalue weighted by atomic mass is 10.2. The Morgan fingerprint density at radius 3 is 3.06 bits per heavy atom. The fourth-order valence-electron chi connectivity index (χ4n) is 1.36. The minimum Gasteiger partial charge on any atom is -0.508 e. The summed E-state index contributed by atoms with van der Waals surface area (Å²) in [6, 6.07) is 7.13. The van der Waals surface area contributed by atoms with Gasteiger partial charge in [-0.3, -0.25) is 0 Å². The predicted molar refractivity (Wildman–Crippen MR) is 64.5 cm³/mol. The summed E-state index contributed by atoms with van der Waals surface area (Å²) in [5, 5.41) is 21.4. The number of phenolic OH excluding ortho intramolecular Hbond substituents is 1. The van der Waals surface area contributed by atoms with Crippen molar-refractivity contribution in [3.05, 3.63) is 29.8 Å². The maximum Gasteiger partial charge on any atom is 0.209 e. The Morgan fingerprint density at radius 2 is 2.29 bits per heavy atom. The van der Waals surface area contributed by atoms with Crippen LogP contribution in [0.2, 0.25) is 0 Å². The van der Waals surface area contributed by atoms with Crippen molar-refractivity contribution in [3.63, 3.8) is 0 Å². The Hall–Kier alpha value is -1.60. The lowest BCUT2D eigenvalue weighted by Crippen LogP contribution is -2.12. The summed E-state index contributed by atoms with van der Waals surface area (Å²) in [4.78, 5) is 0. The van der Waals surface area contributed by atoms with Crippen LogP contribution in [-0.2, 0) is 12.3 Å². The van der Waals surface area contributed by atoms with Crippen LogP contribution in [0.1, 0.15) is 5.56 Å². The Morgan fingerprint density at radius 1 is 1.41 bits per heavy atom. The first-order valence-electron chi connectivity index (χ1n) is 5.16. The zero-order valence-electron chi connectivity index (χ0n) is 9.15. The Kier molecular flexibility index (Phi) is 3.94. The Labute approximate surface area is 103 Å². The number of tetrazole rings is 1. The lowest BCUT2D eigenvalue weighted by Gasteiger charge is -2.03. The molecule has 0 unspecified atom stereocenters. The van der Waals surface area contributed by atoms with Crippen molar-refractivity contribution in [2.75, 3.05) is 6.54 Å². The summed E-state index contributed by atoms with van der Waals surface area (Å²) in [7, 11) is 0. The largest absolute Gasteiger partial charge is 0.508 e. The number of hydrogen-bond acceptors (Lipinski definition) is 6. The van der Waals surface area contributed by atoms with Crippen molar-refractivity contribution in [2.24, 2.45) is 5.73 Å². The van der Waals surface area contributed by atoms with E-state index in [0.717, 1.165) is 10.7 Å². The van der Waals surface area contributed by atoms with Gasteiger partial charge in [-0.2, -0.15) is 0 Å². The first kappa shape index (κ1) is 11.9. The first-order chi connectivity index (χ1) is 8.29. The molecule has 0 saturated heterocycles. The van der Waals surface area contributed by atoms with Crippen molar-refractivity contribution in [1.29, 1.82) is 0 Å². The molecule has 0 bridgehead atoms. The van der Waals surface area contributed by atoms with Gasteiger partial charge in [0.15, 0.2) is 0 Å². The number of aromatic nitrogens is 4. The molecule has 0 atom stereocenters. The zero-order valence-corrected chi connectivity index (χ0v) is 9.97. The van der Waals surface area contributed by atoms with Crippen LogP contribution in [0.25, 0.3) is 0 Å². The summed E-state index contributed by atoms with van der Waals surface area (Å²) >= 11 is 1.52. The van der Waals surface area contributed by atoms with Gasteiger partial charge in [0.05, 0.1) is 6.54 Å². The molecule has 1 aromatic carbocycles. The molecular formula is C10H13N5OS. The highest BCUT2D eigenvalue weighted by Crippen LogP contribution is 2.21. The third-order valence-electron chi connectivity index (χ3n) is 2.12. The van der Waals surface area contributed by atoms with Crippen LogP contribution in [0.3, 0.4) is 0 Å². The van der Waals surface area contributed by atoms with Crippen LogP contribution in [0.4, 0.5) is 0 Å². The van der Waals surface area contributed by atoms with E-state index in [2.05, 4.69) is 15.5 Å². The van der Waals surface area contributed by atoms with Gasteiger partial charge in [0.25, 0.3) is 0 Å². The topological polar surface area (TPSA) is 89.9 Å². The number of hydrogen-bond donors (Lipinski definition) is 2. The molecule has 2 rings (SSSR count). The van der Waals surface area contributed by atoms with Crippen LogP contribution < -0.4 is 5.73 Å². The number of nitrogens with two attached hydrogens (primary N) is 1. The van der Waals surface area contributed by atoms with Crippen LogP contribution in [0.15, 0.2) is 29.4 Å².